The average molecular weight is 236 g/mol. The first-order valence-corrected chi connectivity index (χ1v) is 5.79. The molecular formula is C13H17FN2O. The normalized spacial score (nSPS) is 20.2. The SMILES string of the molecule is CC1(C)CC(=O)N(c2ccc(F)cc2)CCN1. The van der Waals surface area contributed by atoms with Crippen LogP contribution in [-0.2, 0) is 4.79 Å². The predicted octanol–water partition coefficient (Wildman–Crippen LogP) is 1.93. The zero-order chi connectivity index (χ0) is 12.5. The molecule has 1 amide bonds. The number of carbonyl (C=O) groups excluding carboxylic acids is 1. The van der Waals surface area contributed by atoms with Gasteiger partial charge in [0.2, 0.25) is 5.91 Å². The van der Waals surface area contributed by atoms with Crippen molar-refractivity contribution in [3.05, 3.63) is 30.1 Å². The number of halogens is 1. The molecule has 0 unspecified atom stereocenters. The summed E-state index contributed by atoms with van der Waals surface area (Å²) in [6.07, 6.45) is 0.449. The molecule has 1 aliphatic heterocycles. The number of hydrogen-bond acceptors (Lipinski definition) is 2. The number of nitrogens with one attached hydrogen (secondary N) is 1. The summed E-state index contributed by atoms with van der Waals surface area (Å²) in [7, 11) is 0. The topological polar surface area (TPSA) is 32.3 Å². The Morgan fingerprint density at radius 3 is 2.59 bits per heavy atom. The van der Waals surface area contributed by atoms with Crippen molar-refractivity contribution >= 4 is 11.6 Å². The number of nitrogens with zero attached hydrogens (tertiary/aromatic N) is 1. The zero-order valence-corrected chi connectivity index (χ0v) is 10.2. The van der Waals surface area contributed by atoms with E-state index in [1.807, 2.05) is 13.8 Å². The van der Waals surface area contributed by atoms with Gasteiger partial charge in [-0.3, -0.25) is 4.79 Å². The molecule has 2 rings (SSSR count). The molecule has 3 nitrogen and oxygen atoms in total. The lowest BCUT2D eigenvalue weighted by atomic mass is 10.0. The summed E-state index contributed by atoms with van der Waals surface area (Å²) in [6, 6.07) is 6.05. The maximum atomic E-state index is 12.8. The number of anilines is 1. The van der Waals surface area contributed by atoms with Crippen LogP contribution in [0, 0.1) is 5.82 Å². The number of carbonyl (C=O) groups is 1. The van der Waals surface area contributed by atoms with Crippen molar-refractivity contribution in [2.45, 2.75) is 25.8 Å². The third kappa shape index (κ3) is 2.82. The van der Waals surface area contributed by atoms with Gasteiger partial charge in [-0.15, -0.1) is 0 Å². The van der Waals surface area contributed by atoms with Crippen LogP contribution in [0.25, 0.3) is 0 Å². The Kier molecular flexibility index (Phi) is 3.15. The molecule has 0 spiro atoms. The van der Waals surface area contributed by atoms with Crippen LogP contribution >= 0.6 is 0 Å². The molecule has 1 saturated heterocycles. The highest BCUT2D eigenvalue weighted by Crippen LogP contribution is 2.20. The smallest absolute Gasteiger partial charge is 0.228 e. The molecule has 0 atom stereocenters. The summed E-state index contributed by atoms with van der Waals surface area (Å²) in [6.45, 7) is 5.39. The minimum atomic E-state index is -0.283. The molecule has 0 aliphatic carbocycles. The van der Waals surface area contributed by atoms with E-state index in [0.717, 1.165) is 12.2 Å². The van der Waals surface area contributed by atoms with Crippen molar-refractivity contribution in [2.24, 2.45) is 0 Å². The van der Waals surface area contributed by atoms with Gasteiger partial charge in [0.25, 0.3) is 0 Å². The third-order valence-corrected chi connectivity index (χ3v) is 2.97. The molecule has 0 bridgehead atoms. The molecule has 0 radical (unpaired) electrons. The predicted molar refractivity (Wildman–Crippen MR) is 65.5 cm³/mol. The fourth-order valence-electron chi connectivity index (χ4n) is 2.06. The maximum absolute atomic E-state index is 12.8. The van der Waals surface area contributed by atoms with Gasteiger partial charge in [-0.2, -0.15) is 0 Å². The standard InChI is InChI=1S/C13H17FN2O/c1-13(2)9-12(17)16(8-7-15-13)11-5-3-10(14)4-6-11/h3-6,15H,7-9H2,1-2H3. The summed E-state index contributed by atoms with van der Waals surface area (Å²) >= 11 is 0. The first-order valence-electron chi connectivity index (χ1n) is 5.79. The molecular weight excluding hydrogens is 219 g/mol. The Hall–Kier alpha value is -1.42. The summed E-state index contributed by atoms with van der Waals surface area (Å²) in [5, 5.41) is 3.33. The van der Waals surface area contributed by atoms with Gasteiger partial charge < -0.3 is 10.2 Å². The van der Waals surface area contributed by atoms with E-state index in [2.05, 4.69) is 5.32 Å². The zero-order valence-electron chi connectivity index (χ0n) is 10.2. The van der Waals surface area contributed by atoms with Crippen LogP contribution in [0.5, 0.6) is 0 Å². The molecule has 0 aromatic heterocycles. The largest absolute Gasteiger partial charge is 0.311 e. The van der Waals surface area contributed by atoms with Crippen LogP contribution in [0.15, 0.2) is 24.3 Å². The number of benzene rings is 1. The van der Waals surface area contributed by atoms with Gasteiger partial charge in [-0.05, 0) is 38.1 Å². The first kappa shape index (κ1) is 12.0. The fraction of sp³-hybridized carbons (Fsp3) is 0.462. The number of amides is 1. The lowest BCUT2D eigenvalue weighted by Gasteiger charge is -2.23. The van der Waals surface area contributed by atoms with Gasteiger partial charge >= 0.3 is 0 Å². The molecule has 1 fully saturated rings. The van der Waals surface area contributed by atoms with Gasteiger partial charge in [0.15, 0.2) is 0 Å². The summed E-state index contributed by atoms with van der Waals surface area (Å²) in [5.74, 6) is -0.207. The molecule has 0 saturated carbocycles. The van der Waals surface area contributed by atoms with Crippen molar-refractivity contribution in [1.82, 2.24) is 5.32 Å². The second-order valence-corrected chi connectivity index (χ2v) is 5.01. The minimum absolute atomic E-state index is 0.0756. The van der Waals surface area contributed by atoms with Crippen LogP contribution in [0.3, 0.4) is 0 Å². The lowest BCUT2D eigenvalue weighted by molar-refractivity contribution is -0.119. The van der Waals surface area contributed by atoms with Crippen molar-refractivity contribution in [3.63, 3.8) is 0 Å². The Morgan fingerprint density at radius 2 is 1.94 bits per heavy atom. The second-order valence-electron chi connectivity index (χ2n) is 5.01. The maximum Gasteiger partial charge on any atom is 0.228 e. The molecule has 1 heterocycles. The van der Waals surface area contributed by atoms with Crippen molar-refractivity contribution < 1.29 is 9.18 Å². The second kappa shape index (κ2) is 4.45. The third-order valence-electron chi connectivity index (χ3n) is 2.97. The number of rotatable bonds is 1. The molecule has 1 aliphatic rings. The average Bonchev–Trinajstić information content (AvgIpc) is 2.37. The van der Waals surface area contributed by atoms with Crippen LogP contribution in [0.1, 0.15) is 20.3 Å². The molecule has 4 heteroatoms. The summed E-state index contributed by atoms with van der Waals surface area (Å²) in [5.41, 5.74) is 0.585. The quantitative estimate of drug-likeness (QED) is 0.808. The Balaban J connectivity index is 2.21. The first-order chi connectivity index (χ1) is 7.98. The van der Waals surface area contributed by atoms with E-state index < -0.39 is 0 Å². The van der Waals surface area contributed by atoms with Crippen LogP contribution in [0.2, 0.25) is 0 Å². The fourth-order valence-corrected chi connectivity index (χ4v) is 2.06. The van der Waals surface area contributed by atoms with Crippen LogP contribution < -0.4 is 10.2 Å². The van der Waals surface area contributed by atoms with Gasteiger partial charge in [0, 0.05) is 30.7 Å². The molecule has 17 heavy (non-hydrogen) atoms. The number of hydrogen-bond donors (Lipinski definition) is 1. The van der Waals surface area contributed by atoms with E-state index in [-0.39, 0.29) is 17.3 Å². The van der Waals surface area contributed by atoms with Crippen molar-refractivity contribution in [1.29, 1.82) is 0 Å². The molecule has 92 valence electrons. The van der Waals surface area contributed by atoms with Crippen molar-refractivity contribution in [3.8, 4) is 0 Å². The van der Waals surface area contributed by atoms with Gasteiger partial charge in [0.05, 0.1) is 0 Å². The minimum Gasteiger partial charge on any atom is -0.311 e. The van der Waals surface area contributed by atoms with E-state index in [4.69, 9.17) is 0 Å². The molecule has 1 aromatic rings. The van der Waals surface area contributed by atoms with E-state index in [0.29, 0.717) is 13.0 Å². The summed E-state index contributed by atoms with van der Waals surface area (Å²) < 4.78 is 12.8. The van der Waals surface area contributed by atoms with Gasteiger partial charge in [-0.25, -0.2) is 4.39 Å². The molecule has 1 aromatic carbocycles. The highest BCUT2D eigenvalue weighted by Gasteiger charge is 2.28. The Morgan fingerprint density at radius 1 is 1.29 bits per heavy atom. The van der Waals surface area contributed by atoms with Crippen molar-refractivity contribution in [2.75, 3.05) is 18.0 Å². The van der Waals surface area contributed by atoms with Gasteiger partial charge in [0.1, 0.15) is 5.82 Å². The Bertz CT molecular complexity index is 414. The van der Waals surface area contributed by atoms with E-state index >= 15 is 0 Å². The van der Waals surface area contributed by atoms with E-state index in [1.54, 1.807) is 17.0 Å². The monoisotopic (exact) mass is 236 g/mol. The lowest BCUT2D eigenvalue weighted by Crippen LogP contribution is -2.39. The Labute approximate surface area is 101 Å². The molecule has 1 N–H and O–H groups in total. The highest BCUT2D eigenvalue weighted by atomic mass is 19.1. The van der Waals surface area contributed by atoms with E-state index in [9.17, 15) is 9.18 Å². The summed E-state index contributed by atoms with van der Waals surface area (Å²) in [4.78, 5) is 13.8. The van der Waals surface area contributed by atoms with Crippen LogP contribution in [-0.4, -0.2) is 24.5 Å². The van der Waals surface area contributed by atoms with Crippen LogP contribution in [0.4, 0.5) is 10.1 Å². The highest BCUT2D eigenvalue weighted by molar-refractivity contribution is 5.94. The van der Waals surface area contributed by atoms with Gasteiger partial charge in [-0.1, -0.05) is 0 Å². The van der Waals surface area contributed by atoms with E-state index in [1.165, 1.54) is 12.1 Å².